The van der Waals surface area contributed by atoms with Crippen LogP contribution in [-0.4, -0.2) is 17.7 Å². The molecular formula is C24H20N2O3. The highest BCUT2D eigenvalue weighted by Gasteiger charge is 2.13. The monoisotopic (exact) mass is 384 g/mol. The second-order valence-electron chi connectivity index (χ2n) is 6.67. The SMILES string of the molecule is CCOC(=O)NC1=Cc2ccc3ncc(-c4ccccc4)cc3c(=O)c2CC=C1. The van der Waals surface area contributed by atoms with E-state index in [0.717, 1.165) is 16.7 Å². The van der Waals surface area contributed by atoms with Crippen LogP contribution in [-0.2, 0) is 11.2 Å². The van der Waals surface area contributed by atoms with Crippen molar-refractivity contribution in [2.45, 2.75) is 13.3 Å². The number of nitrogens with one attached hydrogen (secondary N) is 1. The zero-order valence-corrected chi connectivity index (χ0v) is 16.0. The van der Waals surface area contributed by atoms with Crippen LogP contribution in [0, 0.1) is 0 Å². The molecule has 29 heavy (non-hydrogen) atoms. The second kappa shape index (κ2) is 8.10. The lowest BCUT2D eigenvalue weighted by Gasteiger charge is -2.05. The van der Waals surface area contributed by atoms with Gasteiger partial charge in [0.2, 0.25) is 0 Å². The van der Waals surface area contributed by atoms with E-state index in [1.807, 2.05) is 54.6 Å². The third kappa shape index (κ3) is 3.94. The van der Waals surface area contributed by atoms with E-state index >= 15 is 0 Å². The van der Waals surface area contributed by atoms with Gasteiger partial charge in [-0.25, -0.2) is 4.79 Å². The topological polar surface area (TPSA) is 68.3 Å². The van der Waals surface area contributed by atoms with E-state index in [9.17, 15) is 9.59 Å². The zero-order valence-electron chi connectivity index (χ0n) is 16.0. The van der Waals surface area contributed by atoms with Gasteiger partial charge in [-0.15, -0.1) is 0 Å². The molecule has 1 aromatic heterocycles. The van der Waals surface area contributed by atoms with Gasteiger partial charge in [-0.2, -0.15) is 0 Å². The van der Waals surface area contributed by atoms with Crippen LogP contribution >= 0.6 is 0 Å². The molecule has 0 atom stereocenters. The van der Waals surface area contributed by atoms with Gasteiger partial charge in [0.05, 0.1) is 12.1 Å². The van der Waals surface area contributed by atoms with Gasteiger partial charge in [-0.1, -0.05) is 42.5 Å². The largest absolute Gasteiger partial charge is 0.450 e. The predicted octanol–water partition coefficient (Wildman–Crippen LogP) is 4.46. The maximum Gasteiger partial charge on any atom is 0.411 e. The fraction of sp³-hybridized carbons (Fsp3) is 0.125. The highest BCUT2D eigenvalue weighted by molar-refractivity contribution is 5.85. The number of hydrogen-bond acceptors (Lipinski definition) is 4. The summed E-state index contributed by atoms with van der Waals surface area (Å²) in [5.74, 6) is 0. The number of benzene rings is 1. The van der Waals surface area contributed by atoms with Crippen molar-refractivity contribution in [1.29, 1.82) is 0 Å². The first-order valence-corrected chi connectivity index (χ1v) is 9.49. The molecule has 3 aromatic rings. The first-order chi connectivity index (χ1) is 14.2. The van der Waals surface area contributed by atoms with Crippen LogP contribution in [0.3, 0.4) is 0 Å². The minimum Gasteiger partial charge on any atom is -0.450 e. The Hall–Kier alpha value is -3.73. The van der Waals surface area contributed by atoms with Crippen LogP contribution in [0.1, 0.15) is 18.1 Å². The average molecular weight is 384 g/mol. The number of carbonyl (C=O) groups excluding carboxylic acids is 1. The van der Waals surface area contributed by atoms with Crippen LogP contribution in [0.5, 0.6) is 0 Å². The van der Waals surface area contributed by atoms with Gasteiger partial charge in [-0.3, -0.25) is 15.1 Å². The van der Waals surface area contributed by atoms with Crippen LogP contribution in [0.25, 0.3) is 28.1 Å². The second-order valence-corrected chi connectivity index (χ2v) is 6.67. The molecule has 0 radical (unpaired) electrons. The maximum absolute atomic E-state index is 13.3. The molecule has 5 heteroatoms. The molecule has 1 aliphatic rings. The Balaban J connectivity index is 1.83. The fourth-order valence-electron chi connectivity index (χ4n) is 3.37. The zero-order chi connectivity index (χ0) is 20.2. The molecular weight excluding hydrogens is 364 g/mol. The number of alkyl carbamates (subject to hydrolysis) is 1. The minimum absolute atomic E-state index is 0.0523. The van der Waals surface area contributed by atoms with Crippen molar-refractivity contribution >= 4 is 23.1 Å². The molecule has 1 heterocycles. The average Bonchev–Trinajstić information content (AvgIpc) is 3.00. The summed E-state index contributed by atoms with van der Waals surface area (Å²) in [6, 6.07) is 15.5. The van der Waals surface area contributed by atoms with Crippen molar-refractivity contribution < 1.29 is 9.53 Å². The van der Waals surface area contributed by atoms with Crippen molar-refractivity contribution in [3.63, 3.8) is 0 Å². The third-order valence-electron chi connectivity index (χ3n) is 4.77. The number of nitrogens with zero attached hydrogens (tertiary/aromatic N) is 1. The minimum atomic E-state index is -0.520. The first-order valence-electron chi connectivity index (χ1n) is 9.49. The Bertz CT molecular complexity index is 1200. The third-order valence-corrected chi connectivity index (χ3v) is 4.77. The molecule has 5 nitrogen and oxygen atoms in total. The summed E-state index contributed by atoms with van der Waals surface area (Å²) in [6.07, 6.45) is 7.17. The number of pyridine rings is 1. The highest BCUT2D eigenvalue weighted by atomic mass is 16.5. The predicted molar refractivity (Wildman–Crippen MR) is 114 cm³/mol. The van der Waals surface area contributed by atoms with Gasteiger partial charge in [0, 0.05) is 28.4 Å². The molecule has 2 aromatic carbocycles. The number of hydrogen-bond donors (Lipinski definition) is 1. The number of allylic oxidation sites excluding steroid dienone is 2. The van der Waals surface area contributed by atoms with Crippen LogP contribution in [0.2, 0.25) is 0 Å². The summed E-state index contributed by atoms with van der Waals surface area (Å²) in [4.78, 5) is 29.6. The van der Waals surface area contributed by atoms with Crippen molar-refractivity contribution in [3.05, 3.63) is 93.9 Å². The molecule has 1 aliphatic carbocycles. The summed E-state index contributed by atoms with van der Waals surface area (Å²) >= 11 is 0. The molecule has 1 amide bonds. The number of rotatable bonds is 3. The van der Waals surface area contributed by atoms with E-state index in [0.29, 0.717) is 35.2 Å². The van der Waals surface area contributed by atoms with Gasteiger partial charge >= 0.3 is 6.09 Å². The molecule has 0 aliphatic heterocycles. The summed E-state index contributed by atoms with van der Waals surface area (Å²) in [6.45, 7) is 2.04. The molecule has 4 rings (SSSR count). The fourth-order valence-corrected chi connectivity index (χ4v) is 3.37. The number of fused-ring (bicyclic) bond motifs is 2. The Morgan fingerprint density at radius 2 is 1.97 bits per heavy atom. The normalized spacial score (nSPS) is 12.7. The van der Waals surface area contributed by atoms with E-state index in [1.165, 1.54) is 0 Å². The summed E-state index contributed by atoms with van der Waals surface area (Å²) in [7, 11) is 0. The molecule has 0 spiro atoms. The Morgan fingerprint density at radius 3 is 2.76 bits per heavy atom. The lowest BCUT2D eigenvalue weighted by atomic mass is 10.0. The first kappa shape index (κ1) is 18.6. The molecule has 0 fully saturated rings. The van der Waals surface area contributed by atoms with Gasteiger partial charge in [0.1, 0.15) is 0 Å². The summed E-state index contributed by atoms with van der Waals surface area (Å²) in [5, 5.41) is 3.28. The van der Waals surface area contributed by atoms with Crippen LogP contribution in [0.4, 0.5) is 4.79 Å². The molecule has 0 saturated carbocycles. The quantitative estimate of drug-likeness (QED) is 0.724. The maximum atomic E-state index is 13.3. The highest BCUT2D eigenvalue weighted by Crippen LogP contribution is 2.23. The van der Waals surface area contributed by atoms with Gasteiger partial charge in [0.15, 0.2) is 5.43 Å². The van der Waals surface area contributed by atoms with Crippen LogP contribution < -0.4 is 10.7 Å². The Morgan fingerprint density at radius 1 is 1.14 bits per heavy atom. The Labute approximate surface area is 168 Å². The van der Waals surface area contributed by atoms with Crippen LogP contribution in [0.15, 0.2) is 77.4 Å². The summed E-state index contributed by atoms with van der Waals surface area (Å²) < 4.78 is 4.94. The van der Waals surface area contributed by atoms with Crippen molar-refractivity contribution in [2.24, 2.45) is 0 Å². The standard InChI is InChI=1S/C24H20N2O3/c1-2-29-24(28)26-19-9-6-10-20-17(13-19)11-12-22-21(23(20)27)14-18(15-25-22)16-7-4-3-5-8-16/h3-9,11-15H,2,10H2,1H3,(H,26,28). The number of aromatic nitrogens is 1. The van der Waals surface area contributed by atoms with E-state index in [4.69, 9.17) is 4.74 Å². The lowest BCUT2D eigenvalue weighted by molar-refractivity contribution is 0.155. The van der Waals surface area contributed by atoms with Crippen molar-refractivity contribution in [3.8, 4) is 11.1 Å². The van der Waals surface area contributed by atoms with Crippen molar-refractivity contribution in [1.82, 2.24) is 10.3 Å². The number of carbonyl (C=O) groups is 1. The van der Waals surface area contributed by atoms with Gasteiger partial charge in [-0.05, 0) is 48.8 Å². The van der Waals surface area contributed by atoms with E-state index in [-0.39, 0.29) is 5.43 Å². The van der Waals surface area contributed by atoms with Gasteiger partial charge in [0.25, 0.3) is 0 Å². The molecule has 0 saturated heterocycles. The van der Waals surface area contributed by atoms with E-state index in [2.05, 4.69) is 10.3 Å². The smallest absolute Gasteiger partial charge is 0.411 e. The lowest BCUT2D eigenvalue weighted by Crippen LogP contribution is -2.22. The molecule has 0 bridgehead atoms. The molecule has 1 N–H and O–H groups in total. The van der Waals surface area contributed by atoms with Gasteiger partial charge < -0.3 is 4.74 Å². The number of amides is 1. The van der Waals surface area contributed by atoms with Crippen molar-refractivity contribution in [2.75, 3.05) is 6.61 Å². The summed E-state index contributed by atoms with van der Waals surface area (Å²) in [5.41, 5.74) is 4.51. The number of ether oxygens (including phenoxy) is 1. The Kier molecular flexibility index (Phi) is 5.20. The molecule has 144 valence electrons. The van der Waals surface area contributed by atoms with E-state index in [1.54, 1.807) is 25.3 Å². The van der Waals surface area contributed by atoms with E-state index < -0.39 is 6.09 Å². The molecule has 0 unspecified atom stereocenters.